The van der Waals surface area contributed by atoms with Crippen LogP contribution in [0.3, 0.4) is 0 Å². The second-order valence-electron chi connectivity index (χ2n) is 10.1. The van der Waals surface area contributed by atoms with E-state index in [0.717, 1.165) is 0 Å². The van der Waals surface area contributed by atoms with Crippen LogP contribution in [0.4, 0.5) is 26.1 Å². The monoisotopic (exact) mass is 552 g/mol. The molecule has 1 aromatic heterocycles. The largest absolute Gasteiger partial charge is 0.366 e. The van der Waals surface area contributed by atoms with Gasteiger partial charge in [-0.1, -0.05) is 50.0 Å². The number of rotatable bonds is 6. The van der Waals surface area contributed by atoms with Crippen LogP contribution in [0.15, 0.2) is 18.2 Å². The van der Waals surface area contributed by atoms with E-state index in [4.69, 9.17) is 28.9 Å². The molecule has 4 N–H and O–H groups in total. The van der Waals surface area contributed by atoms with Crippen molar-refractivity contribution in [3.8, 4) is 0 Å². The van der Waals surface area contributed by atoms with Gasteiger partial charge in [0.05, 0.1) is 32.5 Å². The predicted octanol–water partition coefficient (Wildman–Crippen LogP) is 5.07. The standard InChI is InChI=1S/C25H28Cl2F2N6O2/c1-25(2,3)23(37)31-10-12-5-6-15(26)19(17(12)27)33-24-32-16-9-14(22(30)36)20(18(29)21(16)34(24)4)35-8-7-13(28)11-35/h5-6,9,13H,7-8,10-11H2,1-4H3,(H2,30,36)(H,31,37)(H,32,33). The quantitative estimate of drug-likeness (QED) is 0.395. The number of anilines is 3. The molecule has 0 bridgehead atoms. The highest BCUT2D eigenvalue weighted by Gasteiger charge is 2.30. The van der Waals surface area contributed by atoms with Crippen LogP contribution < -0.4 is 21.3 Å². The maximum absolute atomic E-state index is 15.8. The second kappa shape index (κ2) is 9.98. The van der Waals surface area contributed by atoms with E-state index >= 15 is 4.39 Å². The molecule has 1 fully saturated rings. The minimum absolute atomic E-state index is 0.0323. The summed E-state index contributed by atoms with van der Waals surface area (Å²) in [6.45, 7) is 5.82. The van der Waals surface area contributed by atoms with E-state index < -0.39 is 23.3 Å². The predicted molar refractivity (Wildman–Crippen MR) is 142 cm³/mol. The highest BCUT2D eigenvalue weighted by molar-refractivity contribution is 6.39. The number of primary amides is 1. The second-order valence-corrected chi connectivity index (χ2v) is 10.9. The zero-order valence-electron chi connectivity index (χ0n) is 20.9. The molecule has 0 saturated carbocycles. The maximum atomic E-state index is 15.8. The Kier molecular flexibility index (Phi) is 7.27. The molecule has 4 rings (SSSR count). The van der Waals surface area contributed by atoms with Gasteiger partial charge in [0.25, 0.3) is 5.91 Å². The first-order valence-corrected chi connectivity index (χ1v) is 12.4. The summed E-state index contributed by atoms with van der Waals surface area (Å²) >= 11 is 13.0. The first kappa shape index (κ1) is 26.9. The van der Waals surface area contributed by atoms with Crippen molar-refractivity contribution in [1.82, 2.24) is 14.9 Å². The van der Waals surface area contributed by atoms with Gasteiger partial charge in [0.15, 0.2) is 5.82 Å². The molecule has 12 heteroatoms. The van der Waals surface area contributed by atoms with Gasteiger partial charge in [-0.25, -0.2) is 13.8 Å². The van der Waals surface area contributed by atoms with Gasteiger partial charge >= 0.3 is 0 Å². The first-order valence-electron chi connectivity index (χ1n) is 11.7. The lowest BCUT2D eigenvalue weighted by molar-refractivity contribution is -0.128. The van der Waals surface area contributed by atoms with E-state index in [-0.39, 0.29) is 70.2 Å². The minimum atomic E-state index is -1.12. The van der Waals surface area contributed by atoms with Crippen LogP contribution in [0.1, 0.15) is 43.1 Å². The number of imidazole rings is 1. The molecule has 2 amide bonds. The SMILES string of the molecule is Cn1c(Nc2c(Cl)ccc(CNC(=O)C(C)(C)C)c2Cl)nc2cc(C(N)=O)c(N3CCC(F)C3)c(F)c21. The number of nitrogens with one attached hydrogen (secondary N) is 2. The van der Waals surface area contributed by atoms with Crippen molar-refractivity contribution in [2.24, 2.45) is 18.2 Å². The molecular formula is C25H28Cl2F2N6O2. The number of nitrogens with zero attached hydrogens (tertiary/aromatic N) is 3. The average molecular weight is 553 g/mol. The van der Waals surface area contributed by atoms with Gasteiger partial charge in [-0.3, -0.25) is 9.59 Å². The molecule has 198 valence electrons. The van der Waals surface area contributed by atoms with Crippen LogP contribution in [0.5, 0.6) is 0 Å². The summed E-state index contributed by atoms with van der Waals surface area (Å²) in [7, 11) is 1.59. The number of alkyl halides is 1. The van der Waals surface area contributed by atoms with Crippen molar-refractivity contribution in [2.75, 3.05) is 23.3 Å². The van der Waals surface area contributed by atoms with E-state index in [1.54, 1.807) is 40.0 Å². The lowest BCUT2D eigenvalue weighted by Crippen LogP contribution is -2.34. The summed E-state index contributed by atoms with van der Waals surface area (Å²) < 4.78 is 31.2. The summed E-state index contributed by atoms with van der Waals surface area (Å²) in [5, 5.41) is 6.44. The Bertz CT molecular complexity index is 1400. The van der Waals surface area contributed by atoms with Gasteiger partial charge in [0.2, 0.25) is 11.9 Å². The van der Waals surface area contributed by atoms with Gasteiger partial charge in [0.1, 0.15) is 11.7 Å². The lowest BCUT2D eigenvalue weighted by atomic mass is 9.95. The number of aromatic nitrogens is 2. The van der Waals surface area contributed by atoms with Crippen LogP contribution in [-0.2, 0) is 18.4 Å². The van der Waals surface area contributed by atoms with Crippen molar-refractivity contribution in [2.45, 2.75) is 39.9 Å². The third kappa shape index (κ3) is 5.17. The lowest BCUT2D eigenvalue weighted by Gasteiger charge is -2.21. The number of amides is 2. The van der Waals surface area contributed by atoms with Crippen molar-refractivity contribution in [3.63, 3.8) is 0 Å². The number of carbonyl (C=O) groups is 2. The highest BCUT2D eigenvalue weighted by Crippen LogP contribution is 2.38. The zero-order chi connectivity index (χ0) is 27.2. The third-order valence-corrected chi connectivity index (χ3v) is 7.06. The Morgan fingerprint density at radius 3 is 2.57 bits per heavy atom. The Morgan fingerprint density at radius 1 is 1.27 bits per heavy atom. The molecule has 1 aliphatic rings. The molecular weight excluding hydrogens is 525 g/mol. The smallest absolute Gasteiger partial charge is 0.250 e. The molecule has 0 spiro atoms. The topological polar surface area (TPSA) is 105 Å². The summed E-state index contributed by atoms with van der Waals surface area (Å²) in [5.74, 6) is -1.50. The van der Waals surface area contributed by atoms with Crippen LogP contribution in [-0.4, -0.2) is 40.6 Å². The fourth-order valence-corrected chi connectivity index (χ4v) is 4.78. The number of hydrogen-bond donors (Lipinski definition) is 3. The highest BCUT2D eigenvalue weighted by atomic mass is 35.5. The number of nitrogens with two attached hydrogens (primary N) is 1. The van der Waals surface area contributed by atoms with E-state index in [2.05, 4.69) is 15.6 Å². The number of aryl methyl sites for hydroxylation is 1. The maximum Gasteiger partial charge on any atom is 0.250 e. The van der Waals surface area contributed by atoms with Crippen molar-refractivity contribution in [3.05, 3.63) is 45.2 Å². The van der Waals surface area contributed by atoms with Crippen molar-refractivity contribution >= 4 is 63.4 Å². The number of carbonyl (C=O) groups excluding carboxylic acids is 2. The van der Waals surface area contributed by atoms with Gasteiger partial charge in [-0.15, -0.1) is 0 Å². The molecule has 1 saturated heterocycles. The molecule has 0 radical (unpaired) electrons. The summed E-state index contributed by atoms with van der Waals surface area (Å²) in [5.41, 5.74) is 6.07. The van der Waals surface area contributed by atoms with Crippen molar-refractivity contribution < 1.29 is 18.4 Å². The Balaban J connectivity index is 1.73. The minimum Gasteiger partial charge on any atom is -0.366 e. The van der Waals surface area contributed by atoms with Crippen LogP contribution >= 0.6 is 23.2 Å². The van der Waals surface area contributed by atoms with E-state index in [9.17, 15) is 14.0 Å². The molecule has 0 aliphatic carbocycles. The fourth-order valence-electron chi connectivity index (χ4n) is 4.24. The van der Waals surface area contributed by atoms with Gasteiger partial charge in [-0.2, -0.15) is 0 Å². The molecule has 3 aromatic rings. The fraction of sp³-hybridized carbons (Fsp3) is 0.400. The average Bonchev–Trinajstić information content (AvgIpc) is 3.37. The molecule has 8 nitrogen and oxygen atoms in total. The van der Waals surface area contributed by atoms with E-state index in [0.29, 0.717) is 11.3 Å². The molecule has 1 aliphatic heterocycles. The summed E-state index contributed by atoms with van der Waals surface area (Å²) in [4.78, 5) is 30.4. The summed E-state index contributed by atoms with van der Waals surface area (Å²) in [6.07, 6.45) is -0.887. The van der Waals surface area contributed by atoms with Gasteiger partial charge < -0.3 is 25.8 Å². The molecule has 1 atom stereocenters. The van der Waals surface area contributed by atoms with Crippen molar-refractivity contribution in [1.29, 1.82) is 0 Å². The molecule has 37 heavy (non-hydrogen) atoms. The van der Waals surface area contributed by atoms with Crippen LogP contribution in [0.2, 0.25) is 10.0 Å². The van der Waals surface area contributed by atoms with Gasteiger partial charge in [0, 0.05) is 32.1 Å². The number of fused-ring (bicyclic) bond motifs is 1. The molecule has 2 aromatic carbocycles. The Labute approximate surface area is 223 Å². The number of halogens is 4. The number of benzene rings is 2. The van der Waals surface area contributed by atoms with Crippen LogP contribution in [0, 0.1) is 11.2 Å². The summed E-state index contributed by atoms with van der Waals surface area (Å²) in [6, 6.07) is 4.73. The van der Waals surface area contributed by atoms with E-state index in [1.165, 1.54) is 15.5 Å². The molecule has 1 unspecified atom stereocenters. The normalized spacial score (nSPS) is 15.9. The zero-order valence-corrected chi connectivity index (χ0v) is 22.4. The third-order valence-electron chi connectivity index (χ3n) is 6.31. The van der Waals surface area contributed by atoms with Gasteiger partial charge in [-0.05, 0) is 24.1 Å². The first-order chi connectivity index (χ1) is 17.3. The van der Waals surface area contributed by atoms with E-state index in [1.807, 2.05) is 0 Å². The molecule has 2 heterocycles. The Morgan fingerprint density at radius 2 is 1.97 bits per heavy atom. The Hall–Kier alpha value is -3.11. The number of hydrogen-bond acceptors (Lipinski definition) is 5. The van der Waals surface area contributed by atoms with Crippen LogP contribution in [0.25, 0.3) is 11.0 Å².